The highest BCUT2D eigenvalue weighted by atomic mass is 79.9. The summed E-state index contributed by atoms with van der Waals surface area (Å²) in [7, 11) is 0. The Balaban J connectivity index is 1.55. The highest BCUT2D eigenvalue weighted by molar-refractivity contribution is 9.10. The van der Waals surface area contributed by atoms with Crippen LogP contribution in [0.3, 0.4) is 0 Å². The lowest BCUT2D eigenvalue weighted by Crippen LogP contribution is -2.20. The molecule has 1 heterocycles. The zero-order valence-electron chi connectivity index (χ0n) is 11.8. The normalized spacial score (nSPS) is 32.2. The van der Waals surface area contributed by atoms with E-state index in [2.05, 4.69) is 28.1 Å². The predicted octanol–water partition coefficient (Wildman–Crippen LogP) is 4.21. The predicted molar refractivity (Wildman–Crippen MR) is 83.8 cm³/mol. The Hall–Kier alpha value is -0.540. The summed E-state index contributed by atoms with van der Waals surface area (Å²) >= 11 is 3.62. The molecule has 1 aromatic carbocycles. The van der Waals surface area contributed by atoms with Gasteiger partial charge in [-0.1, -0.05) is 22.4 Å². The van der Waals surface area contributed by atoms with E-state index in [4.69, 9.17) is 10.5 Å². The maximum absolute atomic E-state index is 6.55. The first-order chi connectivity index (χ1) is 9.70. The van der Waals surface area contributed by atoms with Crippen molar-refractivity contribution in [1.82, 2.24) is 0 Å². The van der Waals surface area contributed by atoms with Gasteiger partial charge in [-0.15, -0.1) is 0 Å². The van der Waals surface area contributed by atoms with Crippen LogP contribution in [0.4, 0.5) is 0 Å². The van der Waals surface area contributed by atoms with Crippen LogP contribution in [0.1, 0.15) is 49.3 Å². The van der Waals surface area contributed by atoms with Gasteiger partial charge < -0.3 is 10.5 Å². The largest absolute Gasteiger partial charge is 0.493 e. The minimum atomic E-state index is 0.128. The summed E-state index contributed by atoms with van der Waals surface area (Å²) in [6.07, 6.45) is 7.93. The zero-order chi connectivity index (χ0) is 13.7. The Morgan fingerprint density at radius 3 is 2.95 bits per heavy atom. The van der Waals surface area contributed by atoms with Gasteiger partial charge in [-0.25, -0.2) is 0 Å². The van der Waals surface area contributed by atoms with E-state index in [9.17, 15) is 0 Å². The topological polar surface area (TPSA) is 35.2 Å². The van der Waals surface area contributed by atoms with Gasteiger partial charge in [0.2, 0.25) is 0 Å². The Morgan fingerprint density at radius 2 is 2.20 bits per heavy atom. The van der Waals surface area contributed by atoms with Crippen molar-refractivity contribution in [2.24, 2.45) is 23.5 Å². The third-order valence-electron chi connectivity index (χ3n) is 5.62. The van der Waals surface area contributed by atoms with Gasteiger partial charge in [-0.05, 0) is 61.1 Å². The summed E-state index contributed by atoms with van der Waals surface area (Å²) in [4.78, 5) is 0. The molecule has 4 rings (SSSR count). The van der Waals surface area contributed by atoms with Crippen molar-refractivity contribution in [1.29, 1.82) is 0 Å². The van der Waals surface area contributed by atoms with E-state index < -0.39 is 0 Å². The first kappa shape index (κ1) is 13.1. The summed E-state index contributed by atoms with van der Waals surface area (Å²) in [5.74, 6) is 3.87. The number of rotatable bonds is 3. The quantitative estimate of drug-likeness (QED) is 0.897. The van der Waals surface area contributed by atoms with Crippen LogP contribution in [0.2, 0.25) is 0 Å². The molecule has 2 bridgehead atoms. The lowest BCUT2D eigenvalue weighted by Gasteiger charge is -2.25. The van der Waals surface area contributed by atoms with Crippen molar-refractivity contribution < 1.29 is 4.74 Å². The SMILES string of the molecule is NC(CC1CC2CCC1C2)c1cc(Br)cc2c1OCC2. The second-order valence-electron chi connectivity index (χ2n) is 6.86. The average Bonchev–Trinajstić information content (AvgIpc) is 3.12. The van der Waals surface area contributed by atoms with Crippen LogP contribution < -0.4 is 10.5 Å². The van der Waals surface area contributed by atoms with Crippen molar-refractivity contribution in [3.05, 3.63) is 27.7 Å². The number of halogens is 1. The molecule has 0 saturated heterocycles. The molecule has 0 radical (unpaired) electrons. The molecular formula is C17H22BrNO. The Labute approximate surface area is 129 Å². The molecule has 1 aliphatic heterocycles. The van der Waals surface area contributed by atoms with Gasteiger partial charge in [0.05, 0.1) is 6.61 Å². The number of nitrogens with two attached hydrogens (primary N) is 1. The molecule has 2 fully saturated rings. The summed E-state index contributed by atoms with van der Waals surface area (Å²) < 4.78 is 6.97. The minimum absolute atomic E-state index is 0.128. The molecule has 3 heteroatoms. The van der Waals surface area contributed by atoms with Crippen LogP contribution in [0.5, 0.6) is 5.75 Å². The molecule has 20 heavy (non-hydrogen) atoms. The number of hydrogen-bond acceptors (Lipinski definition) is 2. The van der Waals surface area contributed by atoms with E-state index in [1.807, 2.05) is 0 Å². The second-order valence-corrected chi connectivity index (χ2v) is 7.77. The maximum atomic E-state index is 6.55. The van der Waals surface area contributed by atoms with E-state index in [1.54, 1.807) is 0 Å². The van der Waals surface area contributed by atoms with Gasteiger partial charge in [-0.2, -0.15) is 0 Å². The molecule has 2 nitrogen and oxygen atoms in total. The van der Waals surface area contributed by atoms with Crippen LogP contribution in [0.15, 0.2) is 16.6 Å². The molecule has 0 amide bonds. The van der Waals surface area contributed by atoms with Crippen molar-refractivity contribution >= 4 is 15.9 Å². The summed E-state index contributed by atoms with van der Waals surface area (Å²) in [5, 5.41) is 0. The molecule has 0 spiro atoms. The van der Waals surface area contributed by atoms with Crippen LogP contribution in [0, 0.1) is 17.8 Å². The molecule has 0 aromatic heterocycles. The Bertz CT molecular complexity index is 530. The second kappa shape index (κ2) is 5.03. The Kier molecular flexibility index (Phi) is 3.30. The van der Waals surface area contributed by atoms with Gasteiger partial charge in [0, 0.05) is 22.5 Å². The molecule has 1 aromatic rings. The molecule has 108 valence electrons. The number of benzene rings is 1. The fourth-order valence-corrected chi connectivity index (χ4v) is 5.21. The van der Waals surface area contributed by atoms with Crippen molar-refractivity contribution in [2.45, 2.75) is 44.6 Å². The fraction of sp³-hybridized carbons (Fsp3) is 0.647. The molecule has 3 aliphatic rings. The van der Waals surface area contributed by atoms with Gasteiger partial charge in [-0.3, -0.25) is 0 Å². The maximum Gasteiger partial charge on any atom is 0.127 e. The summed E-state index contributed by atoms with van der Waals surface area (Å²) in [6, 6.07) is 4.47. The summed E-state index contributed by atoms with van der Waals surface area (Å²) in [6.45, 7) is 0.805. The van der Waals surface area contributed by atoms with Crippen LogP contribution in [0.25, 0.3) is 0 Å². The minimum Gasteiger partial charge on any atom is -0.493 e. The third kappa shape index (κ3) is 2.19. The lowest BCUT2D eigenvalue weighted by atomic mass is 9.82. The summed E-state index contributed by atoms with van der Waals surface area (Å²) in [5.41, 5.74) is 9.08. The van der Waals surface area contributed by atoms with Gasteiger partial charge >= 0.3 is 0 Å². The smallest absolute Gasteiger partial charge is 0.127 e. The number of fused-ring (bicyclic) bond motifs is 3. The van der Waals surface area contributed by atoms with Gasteiger partial charge in [0.1, 0.15) is 5.75 Å². The highest BCUT2D eigenvalue weighted by Gasteiger charge is 2.40. The first-order valence-corrected chi connectivity index (χ1v) is 8.70. The fourth-order valence-electron chi connectivity index (χ4n) is 4.69. The van der Waals surface area contributed by atoms with Crippen molar-refractivity contribution in [3.63, 3.8) is 0 Å². The third-order valence-corrected chi connectivity index (χ3v) is 6.08. The molecule has 2 aliphatic carbocycles. The standard InChI is InChI=1S/C17H22BrNO/c18-14-7-12-3-4-20-17(12)15(9-14)16(19)8-13-6-10-1-2-11(13)5-10/h7,9-11,13,16H,1-6,8,19H2. The number of hydrogen-bond donors (Lipinski definition) is 1. The molecule has 2 N–H and O–H groups in total. The van der Waals surface area contributed by atoms with Crippen LogP contribution >= 0.6 is 15.9 Å². The first-order valence-electron chi connectivity index (χ1n) is 7.91. The molecule has 4 atom stereocenters. The van der Waals surface area contributed by atoms with Crippen LogP contribution in [-0.4, -0.2) is 6.61 Å². The monoisotopic (exact) mass is 335 g/mol. The highest BCUT2D eigenvalue weighted by Crippen LogP contribution is 2.51. The average molecular weight is 336 g/mol. The van der Waals surface area contributed by atoms with E-state index in [0.29, 0.717) is 0 Å². The molecular weight excluding hydrogens is 314 g/mol. The zero-order valence-corrected chi connectivity index (χ0v) is 13.4. The Morgan fingerprint density at radius 1 is 1.30 bits per heavy atom. The van der Waals surface area contributed by atoms with Crippen LogP contribution in [-0.2, 0) is 6.42 Å². The van der Waals surface area contributed by atoms with Crippen molar-refractivity contribution in [2.75, 3.05) is 6.61 Å². The molecule has 4 unspecified atom stereocenters. The lowest BCUT2D eigenvalue weighted by molar-refractivity contribution is 0.291. The van der Waals surface area contributed by atoms with E-state index in [0.717, 1.165) is 47.4 Å². The van der Waals surface area contributed by atoms with E-state index in [-0.39, 0.29) is 6.04 Å². The van der Waals surface area contributed by atoms with Gasteiger partial charge in [0.25, 0.3) is 0 Å². The van der Waals surface area contributed by atoms with Gasteiger partial charge in [0.15, 0.2) is 0 Å². The van der Waals surface area contributed by atoms with E-state index in [1.165, 1.54) is 36.8 Å². The number of ether oxygens (including phenoxy) is 1. The van der Waals surface area contributed by atoms with E-state index >= 15 is 0 Å². The molecule has 2 saturated carbocycles. The van der Waals surface area contributed by atoms with Crippen molar-refractivity contribution in [3.8, 4) is 5.75 Å².